The fourth-order valence-corrected chi connectivity index (χ4v) is 3.14. The average molecular weight is 253 g/mol. The van der Waals surface area contributed by atoms with E-state index < -0.39 is 11.4 Å². The van der Waals surface area contributed by atoms with Gasteiger partial charge in [0.15, 0.2) is 0 Å². The van der Waals surface area contributed by atoms with E-state index in [-0.39, 0.29) is 0 Å². The molecule has 2 heterocycles. The highest BCUT2D eigenvalue weighted by atomic mass is 32.1. The number of nitrogens with zero attached hydrogens (tertiary/aromatic N) is 1. The van der Waals surface area contributed by atoms with Crippen molar-refractivity contribution in [2.24, 2.45) is 5.41 Å². The van der Waals surface area contributed by atoms with Crippen LogP contribution in [0.1, 0.15) is 29.5 Å². The summed E-state index contributed by atoms with van der Waals surface area (Å²) in [6.07, 6.45) is 1.51. The average Bonchev–Trinajstić information content (AvgIpc) is 2.67. The molecule has 1 aliphatic rings. The van der Waals surface area contributed by atoms with Crippen LogP contribution >= 0.6 is 11.3 Å². The zero-order valence-corrected chi connectivity index (χ0v) is 11.2. The van der Waals surface area contributed by atoms with E-state index in [9.17, 15) is 4.79 Å². The molecule has 1 saturated heterocycles. The van der Waals surface area contributed by atoms with Crippen molar-refractivity contribution >= 4 is 17.3 Å². The summed E-state index contributed by atoms with van der Waals surface area (Å²) in [5, 5.41) is 9.16. The lowest BCUT2D eigenvalue weighted by molar-refractivity contribution is -0.150. The van der Waals surface area contributed by atoms with Crippen molar-refractivity contribution < 1.29 is 9.90 Å². The van der Waals surface area contributed by atoms with Crippen molar-refractivity contribution in [3.63, 3.8) is 0 Å². The molecule has 1 N–H and O–H groups in total. The molecule has 0 amide bonds. The predicted molar refractivity (Wildman–Crippen MR) is 69.3 cm³/mol. The topological polar surface area (TPSA) is 40.5 Å². The highest BCUT2D eigenvalue weighted by molar-refractivity contribution is 7.11. The summed E-state index contributed by atoms with van der Waals surface area (Å²) in [4.78, 5) is 16.2. The molecule has 1 aliphatic heterocycles. The van der Waals surface area contributed by atoms with Crippen molar-refractivity contribution in [1.82, 2.24) is 4.90 Å². The molecule has 4 heteroatoms. The van der Waals surface area contributed by atoms with Crippen LogP contribution in [0.5, 0.6) is 0 Å². The molecule has 0 bridgehead atoms. The minimum Gasteiger partial charge on any atom is -0.481 e. The lowest BCUT2D eigenvalue weighted by Gasteiger charge is -2.36. The molecular formula is C13H19NO2S. The Bertz CT molecular complexity index is 405. The maximum absolute atomic E-state index is 11.1. The lowest BCUT2D eigenvalue weighted by atomic mass is 9.80. The second-order valence-corrected chi connectivity index (χ2v) is 6.53. The SMILES string of the molecule is Cc1ccc(CN2CCC(C)(C(=O)O)CC2)s1. The van der Waals surface area contributed by atoms with Crippen molar-refractivity contribution in [2.45, 2.75) is 33.2 Å². The van der Waals surface area contributed by atoms with Gasteiger partial charge in [-0.05, 0) is 51.9 Å². The van der Waals surface area contributed by atoms with Gasteiger partial charge < -0.3 is 5.11 Å². The van der Waals surface area contributed by atoms with Crippen LogP contribution in [-0.4, -0.2) is 29.1 Å². The van der Waals surface area contributed by atoms with Crippen LogP contribution in [0.3, 0.4) is 0 Å². The van der Waals surface area contributed by atoms with Crippen molar-refractivity contribution in [2.75, 3.05) is 13.1 Å². The third kappa shape index (κ3) is 2.87. The zero-order chi connectivity index (χ0) is 12.5. The summed E-state index contributed by atoms with van der Waals surface area (Å²) in [5.74, 6) is -0.649. The van der Waals surface area contributed by atoms with Crippen molar-refractivity contribution in [3.8, 4) is 0 Å². The van der Waals surface area contributed by atoms with E-state index >= 15 is 0 Å². The number of carboxylic acid groups (broad SMARTS) is 1. The summed E-state index contributed by atoms with van der Waals surface area (Å²) in [5.41, 5.74) is -0.512. The highest BCUT2D eigenvalue weighted by Gasteiger charge is 2.36. The Morgan fingerprint density at radius 2 is 2.12 bits per heavy atom. The van der Waals surface area contributed by atoms with Crippen LogP contribution in [0.15, 0.2) is 12.1 Å². The first-order valence-electron chi connectivity index (χ1n) is 6.01. The van der Waals surface area contributed by atoms with Crippen LogP contribution < -0.4 is 0 Å². The van der Waals surface area contributed by atoms with Gasteiger partial charge in [0.2, 0.25) is 0 Å². The fraction of sp³-hybridized carbons (Fsp3) is 0.615. The van der Waals surface area contributed by atoms with Gasteiger partial charge in [-0.1, -0.05) is 0 Å². The molecule has 17 heavy (non-hydrogen) atoms. The molecule has 0 radical (unpaired) electrons. The molecule has 0 aromatic carbocycles. The summed E-state index contributed by atoms with van der Waals surface area (Å²) in [7, 11) is 0. The molecule has 3 nitrogen and oxygen atoms in total. The van der Waals surface area contributed by atoms with Crippen LogP contribution in [-0.2, 0) is 11.3 Å². The summed E-state index contributed by atoms with van der Waals surface area (Å²) in [6, 6.07) is 4.32. The Labute approximate surface area is 106 Å². The van der Waals surface area contributed by atoms with Crippen LogP contribution in [0.25, 0.3) is 0 Å². The number of thiophene rings is 1. The summed E-state index contributed by atoms with van der Waals surface area (Å²) >= 11 is 1.83. The molecule has 0 unspecified atom stereocenters. The Morgan fingerprint density at radius 1 is 1.47 bits per heavy atom. The Hall–Kier alpha value is -0.870. The Morgan fingerprint density at radius 3 is 2.59 bits per heavy atom. The van der Waals surface area contributed by atoms with Gasteiger partial charge in [0.25, 0.3) is 0 Å². The number of likely N-dealkylation sites (tertiary alicyclic amines) is 1. The number of hydrogen-bond donors (Lipinski definition) is 1. The van der Waals surface area contributed by atoms with Crippen LogP contribution in [0, 0.1) is 12.3 Å². The summed E-state index contributed by atoms with van der Waals surface area (Å²) < 4.78 is 0. The Balaban J connectivity index is 1.89. The number of aliphatic carboxylic acids is 1. The minimum atomic E-state index is -0.649. The van der Waals surface area contributed by atoms with E-state index in [4.69, 9.17) is 5.11 Å². The largest absolute Gasteiger partial charge is 0.481 e. The zero-order valence-electron chi connectivity index (χ0n) is 10.4. The standard InChI is InChI=1S/C13H19NO2S/c1-10-3-4-11(17-10)9-14-7-5-13(2,6-8-14)12(15)16/h3-4H,5-9H2,1-2H3,(H,15,16). The van der Waals surface area contributed by atoms with E-state index in [0.717, 1.165) is 32.5 Å². The number of aryl methyl sites for hydroxylation is 1. The summed E-state index contributed by atoms with van der Waals surface area (Å²) in [6.45, 7) is 6.72. The van der Waals surface area contributed by atoms with Gasteiger partial charge in [0, 0.05) is 16.3 Å². The number of rotatable bonds is 3. The molecule has 2 rings (SSSR count). The monoisotopic (exact) mass is 253 g/mol. The molecule has 0 atom stereocenters. The molecular weight excluding hydrogens is 234 g/mol. The number of carbonyl (C=O) groups is 1. The van der Waals surface area contributed by atoms with Gasteiger partial charge in [-0.2, -0.15) is 0 Å². The predicted octanol–water partition coefficient (Wildman–Crippen LogP) is 2.74. The van der Waals surface area contributed by atoms with Crippen molar-refractivity contribution in [3.05, 3.63) is 21.9 Å². The molecule has 0 aliphatic carbocycles. The molecule has 1 fully saturated rings. The van der Waals surface area contributed by atoms with E-state index in [1.807, 2.05) is 18.3 Å². The normalized spacial score (nSPS) is 20.4. The highest BCUT2D eigenvalue weighted by Crippen LogP contribution is 2.32. The second-order valence-electron chi connectivity index (χ2n) is 5.15. The third-order valence-electron chi connectivity index (χ3n) is 3.65. The maximum Gasteiger partial charge on any atom is 0.309 e. The smallest absolute Gasteiger partial charge is 0.309 e. The molecule has 0 spiro atoms. The first-order valence-corrected chi connectivity index (χ1v) is 6.82. The number of carboxylic acids is 1. The van der Waals surface area contributed by atoms with E-state index in [2.05, 4.69) is 24.0 Å². The maximum atomic E-state index is 11.1. The van der Waals surface area contributed by atoms with Crippen molar-refractivity contribution in [1.29, 1.82) is 0 Å². The van der Waals surface area contributed by atoms with Gasteiger partial charge in [-0.3, -0.25) is 9.69 Å². The Kier molecular flexibility index (Phi) is 3.54. The minimum absolute atomic E-state index is 0.512. The van der Waals surface area contributed by atoms with Gasteiger partial charge in [0.05, 0.1) is 5.41 Å². The quantitative estimate of drug-likeness (QED) is 0.900. The van der Waals surface area contributed by atoms with Crippen LogP contribution in [0.2, 0.25) is 0 Å². The molecule has 1 aromatic heterocycles. The van der Waals surface area contributed by atoms with E-state index in [0.29, 0.717) is 0 Å². The molecule has 94 valence electrons. The second kappa shape index (κ2) is 4.78. The van der Waals surface area contributed by atoms with Gasteiger partial charge >= 0.3 is 5.97 Å². The van der Waals surface area contributed by atoms with E-state index in [1.165, 1.54) is 9.75 Å². The number of hydrogen-bond acceptors (Lipinski definition) is 3. The van der Waals surface area contributed by atoms with E-state index in [1.54, 1.807) is 0 Å². The number of piperidine rings is 1. The molecule has 1 aromatic rings. The van der Waals surface area contributed by atoms with Gasteiger partial charge in [-0.15, -0.1) is 11.3 Å². The molecule has 0 saturated carbocycles. The fourth-order valence-electron chi connectivity index (χ4n) is 2.21. The van der Waals surface area contributed by atoms with Gasteiger partial charge in [-0.25, -0.2) is 0 Å². The lowest BCUT2D eigenvalue weighted by Crippen LogP contribution is -2.42. The first kappa shape index (κ1) is 12.6. The first-order chi connectivity index (χ1) is 7.99. The third-order valence-corrected chi connectivity index (χ3v) is 4.64. The van der Waals surface area contributed by atoms with Crippen LogP contribution in [0.4, 0.5) is 0 Å². The van der Waals surface area contributed by atoms with Gasteiger partial charge in [0.1, 0.15) is 0 Å².